The third-order valence-electron chi connectivity index (χ3n) is 12.7. The van der Waals surface area contributed by atoms with Crippen LogP contribution in [-0.2, 0) is 40.9 Å². The van der Waals surface area contributed by atoms with Crippen molar-refractivity contribution >= 4 is 46.7 Å². The summed E-state index contributed by atoms with van der Waals surface area (Å²) in [6.07, 6.45) is 9.82. The van der Waals surface area contributed by atoms with Gasteiger partial charge in [-0.1, -0.05) is 41.4 Å². The van der Waals surface area contributed by atoms with Crippen LogP contribution in [0.25, 0.3) is 22.5 Å². The van der Waals surface area contributed by atoms with E-state index in [4.69, 9.17) is 42.6 Å². The number of ether oxygens (including phenoxy) is 2. The van der Waals surface area contributed by atoms with Crippen molar-refractivity contribution in [2.75, 3.05) is 39.2 Å². The number of esters is 1. The van der Waals surface area contributed by atoms with Gasteiger partial charge in [0.2, 0.25) is 11.8 Å². The summed E-state index contributed by atoms with van der Waals surface area (Å²) in [7, 11) is 4.96. The van der Waals surface area contributed by atoms with E-state index in [-0.39, 0.29) is 34.7 Å². The molecule has 3 fully saturated rings. The molecule has 3 aromatic heterocycles. The van der Waals surface area contributed by atoms with Crippen LogP contribution in [0.4, 0.5) is 5.69 Å². The van der Waals surface area contributed by atoms with Crippen LogP contribution in [0.2, 0.25) is 10.0 Å². The van der Waals surface area contributed by atoms with Crippen LogP contribution < -0.4 is 20.7 Å². The minimum atomic E-state index is -0.362. The molecule has 5 heterocycles. The predicted octanol–water partition coefficient (Wildman–Crippen LogP) is 6.35. The Morgan fingerprint density at radius 1 is 1.02 bits per heavy atom. The maximum Gasteiger partial charge on any atom is 0.311 e. The molecular weight excluding hydrogens is 767 g/mol. The molecule has 2 aliphatic heterocycles. The normalized spacial score (nSPS) is 22.7. The van der Waals surface area contributed by atoms with Crippen molar-refractivity contribution in [2.24, 2.45) is 17.9 Å². The lowest BCUT2D eigenvalue weighted by molar-refractivity contribution is -0.152. The van der Waals surface area contributed by atoms with Gasteiger partial charge in [0.05, 0.1) is 52.4 Å². The number of pyridine rings is 2. The van der Waals surface area contributed by atoms with Gasteiger partial charge in [0, 0.05) is 80.7 Å². The Kier molecular flexibility index (Phi) is 11.0. The van der Waals surface area contributed by atoms with Gasteiger partial charge in [0.1, 0.15) is 0 Å². The fourth-order valence-corrected chi connectivity index (χ4v) is 10.1. The first-order valence-electron chi connectivity index (χ1n) is 19.7. The first-order valence-corrected chi connectivity index (χ1v) is 20.4. The minimum Gasteiger partial charge on any atom is -0.481 e. The zero-order chi connectivity index (χ0) is 39.9. The highest BCUT2D eigenvalue weighted by Crippen LogP contribution is 2.63. The average molecular weight is 816 g/mol. The number of imidazole rings is 1. The third-order valence-corrected chi connectivity index (χ3v) is 13.5. The van der Waals surface area contributed by atoms with Gasteiger partial charge < -0.3 is 30.0 Å². The Hall–Kier alpha value is -4.56. The summed E-state index contributed by atoms with van der Waals surface area (Å²) in [4.78, 5) is 54.5. The van der Waals surface area contributed by atoms with Crippen molar-refractivity contribution in [1.82, 2.24) is 35.1 Å². The molecule has 15 heteroatoms. The fourth-order valence-electron chi connectivity index (χ4n) is 9.49. The highest BCUT2D eigenvalue weighted by atomic mass is 35.5. The van der Waals surface area contributed by atoms with Gasteiger partial charge in [0.15, 0.2) is 5.82 Å². The van der Waals surface area contributed by atoms with E-state index in [1.54, 1.807) is 31.5 Å². The molecule has 57 heavy (non-hydrogen) atoms. The first-order chi connectivity index (χ1) is 27.5. The number of hydrogen-bond donors (Lipinski definition) is 3. The van der Waals surface area contributed by atoms with E-state index < -0.39 is 0 Å². The molecule has 2 saturated carbocycles. The van der Waals surface area contributed by atoms with Crippen LogP contribution in [0.3, 0.4) is 0 Å². The number of rotatable bonds is 13. The molecule has 0 unspecified atom stereocenters. The zero-order valence-corrected chi connectivity index (χ0v) is 34.1. The number of benzene rings is 1. The van der Waals surface area contributed by atoms with Gasteiger partial charge in [-0.25, -0.2) is 9.97 Å². The molecule has 4 aromatic rings. The summed E-state index contributed by atoms with van der Waals surface area (Å²) in [5, 5.41) is 9.98. The number of aromatic nitrogens is 4. The maximum atomic E-state index is 13.8. The minimum absolute atomic E-state index is 0.0401. The van der Waals surface area contributed by atoms with Crippen LogP contribution in [0.5, 0.6) is 5.88 Å². The number of amides is 2. The van der Waals surface area contributed by atoms with Crippen LogP contribution >= 0.6 is 23.2 Å². The molecule has 0 spiro atoms. The lowest BCUT2D eigenvalue weighted by Gasteiger charge is -2.32. The second kappa shape index (κ2) is 16.0. The van der Waals surface area contributed by atoms with E-state index in [1.165, 1.54) is 7.11 Å². The van der Waals surface area contributed by atoms with E-state index in [2.05, 4.69) is 25.8 Å². The summed E-state index contributed by atoms with van der Waals surface area (Å²) in [6, 6.07) is 11.1. The lowest BCUT2D eigenvalue weighted by atomic mass is 9.80. The average Bonchev–Trinajstić information content (AvgIpc) is 4.00. The standard InChI is InChI=1S/C42H48Cl2N8O5/c1-51-32-12-19-52(20-17-41-13-15-42(24-41,16-14-41)40(55)57-3)23-31(32)48-37(51)38(54)49-30-6-4-5-28(34(30)43)36-35(44)27(11-18-46-36)29-9-7-25(39(50-29)56-2)21-45-22-26-8-10-33(53)47-26/h4-7,9,11,18,26,45H,8,10,12-17,19-24H2,1-3H3,(H,47,53)(H,49,54)/t26-,41?,42?/m0/s1. The Labute approximate surface area is 342 Å². The second-order valence-electron chi connectivity index (χ2n) is 16.1. The van der Waals surface area contributed by atoms with Gasteiger partial charge in [-0.05, 0) is 75.1 Å². The van der Waals surface area contributed by atoms with Gasteiger partial charge in [-0.15, -0.1) is 0 Å². The third kappa shape index (κ3) is 7.62. The number of halogens is 2. The maximum absolute atomic E-state index is 13.8. The molecule has 0 radical (unpaired) electrons. The summed E-state index contributed by atoms with van der Waals surface area (Å²) < 4.78 is 12.7. The van der Waals surface area contributed by atoms with E-state index >= 15 is 0 Å². The SMILES string of the molecule is COC(=O)C12CCC(CCN3CCc4c(nc(C(=O)Nc5cccc(-c6nccc(-c7ccc(CNC[C@@H]8CCC(=O)N8)c(OC)n7)c6Cl)c5Cl)n4C)C3)(CC1)C2. The van der Waals surface area contributed by atoms with Crippen molar-refractivity contribution < 1.29 is 23.9 Å². The number of fused-ring (bicyclic) bond motifs is 3. The van der Waals surface area contributed by atoms with Gasteiger partial charge in [-0.3, -0.25) is 24.3 Å². The Balaban J connectivity index is 0.935. The molecule has 2 bridgehead atoms. The van der Waals surface area contributed by atoms with Gasteiger partial charge >= 0.3 is 5.97 Å². The summed E-state index contributed by atoms with van der Waals surface area (Å²) >= 11 is 14.0. The topological polar surface area (TPSA) is 153 Å². The summed E-state index contributed by atoms with van der Waals surface area (Å²) in [5.74, 6) is 0.461. The molecule has 2 aliphatic carbocycles. The molecule has 1 atom stereocenters. The molecule has 300 valence electrons. The quantitative estimate of drug-likeness (QED) is 0.130. The summed E-state index contributed by atoms with van der Waals surface area (Å²) in [5.41, 5.74) is 5.42. The number of nitrogens with one attached hydrogen (secondary N) is 3. The predicted molar refractivity (Wildman–Crippen MR) is 217 cm³/mol. The molecule has 8 rings (SSSR count). The molecule has 4 aliphatic rings. The lowest BCUT2D eigenvalue weighted by Crippen LogP contribution is -2.35. The molecular formula is C42H48Cl2N8O5. The Morgan fingerprint density at radius 3 is 2.60 bits per heavy atom. The molecule has 1 aromatic carbocycles. The van der Waals surface area contributed by atoms with Crippen molar-refractivity contribution in [3.8, 4) is 28.4 Å². The van der Waals surface area contributed by atoms with E-state index in [0.717, 1.165) is 81.4 Å². The number of methoxy groups -OCH3 is 2. The number of carbonyl (C=O) groups is 3. The zero-order valence-electron chi connectivity index (χ0n) is 32.6. The van der Waals surface area contributed by atoms with E-state index in [1.807, 2.05) is 29.8 Å². The van der Waals surface area contributed by atoms with Crippen LogP contribution in [0.15, 0.2) is 42.6 Å². The smallest absolute Gasteiger partial charge is 0.311 e. The van der Waals surface area contributed by atoms with E-state index in [9.17, 15) is 14.4 Å². The number of carbonyl (C=O) groups excluding carboxylic acids is 3. The Morgan fingerprint density at radius 2 is 1.84 bits per heavy atom. The molecule has 3 N–H and O–H groups in total. The fraction of sp³-hybridized carbons (Fsp3) is 0.476. The van der Waals surface area contributed by atoms with Crippen LogP contribution in [0, 0.1) is 10.8 Å². The highest BCUT2D eigenvalue weighted by Gasteiger charge is 2.58. The molecule has 2 amide bonds. The van der Waals surface area contributed by atoms with E-state index in [0.29, 0.717) is 76.0 Å². The highest BCUT2D eigenvalue weighted by molar-refractivity contribution is 6.39. The number of anilines is 1. The number of nitrogens with zero attached hydrogens (tertiary/aromatic N) is 5. The molecule has 1 saturated heterocycles. The Bertz CT molecular complexity index is 2220. The van der Waals surface area contributed by atoms with Crippen molar-refractivity contribution in [3.05, 3.63) is 75.4 Å². The first kappa shape index (κ1) is 39.3. The molecule has 13 nitrogen and oxygen atoms in total. The largest absolute Gasteiger partial charge is 0.481 e. The van der Waals surface area contributed by atoms with Gasteiger partial charge in [0.25, 0.3) is 5.91 Å². The van der Waals surface area contributed by atoms with Gasteiger partial charge in [-0.2, -0.15) is 0 Å². The monoisotopic (exact) mass is 814 g/mol. The number of hydrogen-bond acceptors (Lipinski definition) is 10. The van der Waals surface area contributed by atoms with Crippen LogP contribution in [0.1, 0.15) is 78.9 Å². The van der Waals surface area contributed by atoms with Crippen molar-refractivity contribution in [3.63, 3.8) is 0 Å². The van der Waals surface area contributed by atoms with Crippen LogP contribution in [-0.4, -0.2) is 82.1 Å². The van der Waals surface area contributed by atoms with Crippen molar-refractivity contribution in [2.45, 2.75) is 76.9 Å². The second-order valence-corrected chi connectivity index (χ2v) is 16.8. The van der Waals surface area contributed by atoms with Crippen molar-refractivity contribution in [1.29, 1.82) is 0 Å². The summed E-state index contributed by atoms with van der Waals surface area (Å²) in [6.45, 7) is 3.67.